The Balaban J connectivity index is 1.06. The Morgan fingerprint density at radius 2 is 0.476 bits per heavy atom. The molecule has 0 atom stereocenters. The number of anilines is 3. The summed E-state index contributed by atoms with van der Waals surface area (Å²) in [7, 11) is 0. The summed E-state index contributed by atoms with van der Waals surface area (Å²) in [6, 6.07) is 53.9. The Kier molecular flexibility index (Phi) is 14.1. The molecule has 0 aromatic heterocycles. The van der Waals surface area contributed by atoms with Crippen LogP contribution in [0.15, 0.2) is 182 Å². The van der Waals surface area contributed by atoms with Crippen LogP contribution in [0.4, 0.5) is 17.1 Å². The standard InChI is InChI=1S/C57H33N3O3/c61-55(58-52-34-28-46(29-35-52)25-13-10-22-43-16-4-1-5-17-43)49-40-50(56(62)59-53-36-30-47(31-37-53)26-14-11-23-44-18-6-2-7-19-44)42-51(41-49)57(63)60-54-38-32-48(33-39-54)27-15-12-24-45-20-8-3-9-21-45/h1-9,16-21,28-42H,(H,58,61)(H,59,62)(H,60,63). The molecule has 294 valence electrons. The molecule has 0 bridgehead atoms. The van der Waals surface area contributed by atoms with Crippen LogP contribution in [-0.4, -0.2) is 17.7 Å². The van der Waals surface area contributed by atoms with Crippen LogP contribution in [0.25, 0.3) is 0 Å². The van der Waals surface area contributed by atoms with E-state index in [1.807, 2.05) is 91.0 Å². The van der Waals surface area contributed by atoms with Crippen molar-refractivity contribution in [3.8, 4) is 71.0 Å². The first kappa shape index (κ1) is 41.5. The second kappa shape index (κ2) is 21.4. The molecule has 0 aliphatic carbocycles. The fourth-order valence-electron chi connectivity index (χ4n) is 5.73. The lowest BCUT2D eigenvalue weighted by Gasteiger charge is -2.12. The summed E-state index contributed by atoms with van der Waals surface area (Å²) in [5, 5.41) is 8.57. The average molecular weight is 808 g/mol. The lowest BCUT2D eigenvalue weighted by atomic mass is 10.0. The van der Waals surface area contributed by atoms with E-state index in [0.29, 0.717) is 33.8 Å². The van der Waals surface area contributed by atoms with Crippen molar-refractivity contribution in [1.29, 1.82) is 0 Å². The number of carbonyl (C=O) groups excluding carboxylic acids is 3. The van der Waals surface area contributed by atoms with E-state index in [-0.39, 0.29) is 16.7 Å². The third kappa shape index (κ3) is 12.9. The molecule has 3 amide bonds. The zero-order valence-electron chi connectivity index (χ0n) is 33.5. The normalized spacial score (nSPS) is 9.33. The topological polar surface area (TPSA) is 87.3 Å². The lowest BCUT2D eigenvalue weighted by Crippen LogP contribution is -2.19. The fraction of sp³-hybridized carbons (Fsp3) is 0. The Bertz CT molecular complexity index is 2820. The highest BCUT2D eigenvalue weighted by molar-refractivity contribution is 6.13. The van der Waals surface area contributed by atoms with Crippen molar-refractivity contribution in [1.82, 2.24) is 0 Å². The van der Waals surface area contributed by atoms with Crippen molar-refractivity contribution in [2.75, 3.05) is 16.0 Å². The van der Waals surface area contributed by atoms with E-state index < -0.39 is 17.7 Å². The number of carbonyl (C=O) groups is 3. The summed E-state index contributed by atoms with van der Waals surface area (Å²) >= 11 is 0. The summed E-state index contributed by atoms with van der Waals surface area (Å²) in [5.74, 6) is 33.5. The number of nitrogens with one attached hydrogen (secondary N) is 3. The minimum absolute atomic E-state index is 0.0947. The molecule has 0 aliphatic heterocycles. The van der Waals surface area contributed by atoms with Gasteiger partial charge < -0.3 is 16.0 Å². The zero-order chi connectivity index (χ0) is 43.5. The Labute approximate surface area is 366 Å². The molecule has 0 saturated carbocycles. The second-order valence-electron chi connectivity index (χ2n) is 13.5. The first-order chi connectivity index (χ1) is 30.9. The van der Waals surface area contributed by atoms with Crippen molar-refractivity contribution < 1.29 is 14.4 Å². The van der Waals surface area contributed by atoms with Gasteiger partial charge in [0, 0.05) is 67.1 Å². The van der Waals surface area contributed by atoms with Gasteiger partial charge in [-0.1, -0.05) is 90.1 Å². The maximum atomic E-state index is 13.7. The van der Waals surface area contributed by atoms with Crippen molar-refractivity contribution in [3.63, 3.8) is 0 Å². The highest BCUT2D eigenvalue weighted by Gasteiger charge is 2.18. The number of rotatable bonds is 6. The van der Waals surface area contributed by atoms with E-state index >= 15 is 0 Å². The summed E-state index contributed by atoms with van der Waals surface area (Å²) in [6.45, 7) is 0. The highest BCUT2D eigenvalue weighted by Crippen LogP contribution is 2.19. The highest BCUT2D eigenvalue weighted by atomic mass is 16.2. The van der Waals surface area contributed by atoms with E-state index in [4.69, 9.17) is 0 Å². The Morgan fingerprint density at radius 3 is 0.698 bits per heavy atom. The van der Waals surface area contributed by atoms with Crippen LogP contribution >= 0.6 is 0 Å². The van der Waals surface area contributed by atoms with Crippen LogP contribution in [-0.2, 0) is 0 Å². The predicted octanol–water partition coefficient (Wildman–Crippen LogP) is 9.65. The SMILES string of the molecule is O=C(Nc1ccc(C#CC#Cc2ccccc2)cc1)c1cc(C(=O)Nc2ccc(C#CC#Cc3ccccc3)cc2)cc(C(=O)Nc2ccc(C#CC#Cc3ccccc3)cc2)c1. The third-order valence-corrected chi connectivity index (χ3v) is 8.90. The molecular formula is C57H33N3O3. The van der Waals surface area contributed by atoms with Crippen LogP contribution in [0.3, 0.4) is 0 Å². The Morgan fingerprint density at radius 1 is 0.270 bits per heavy atom. The largest absolute Gasteiger partial charge is 0.322 e. The van der Waals surface area contributed by atoms with Crippen molar-refractivity contribution in [2.24, 2.45) is 0 Å². The maximum Gasteiger partial charge on any atom is 0.255 e. The molecule has 0 heterocycles. The van der Waals surface area contributed by atoms with E-state index in [2.05, 4.69) is 87.0 Å². The Hall–Kier alpha value is -9.69. The van der Waals surface area contributed by atoms with Crippen molar-refractivity contribution in [3.05, 3.63) is 232 Å². The second-order valence-corrected chi connectivity index (χ2v) is 13.5. The van der Waals surface area contributed by atoms with Gasteiger partial charge in [0.05, 0.1) is 0 Å². The van der Waals surface area contributed by atoms with Gasteiger partial charge in [-0.15, -0.1) is 0 Å². The smallest absolute Gasteiger partial charge is 0.255 e. The summed E-state index contributed by atoms with van der Waals surface area (Å²) in [5.41, 5.74) is 6.50. The van der Waals surface area contributed by atoms with Gasteiger partial charge in [-0.2, -0.15) is 0 Å². The molecule has 3 N–H and O–H groups in total. The van der Waals surface area contributed by atoms with Gasteiger partial charge in [0.15, 0.2) is 0 Å². The molecule has 0 saturated heterocycles. The lowest BCUT2D eigenvalue weighted by molar-refractivity contribution is 0.102. The number of benzene rings is 7. The zero-order valence-corrected chi connectivity index (χ0v) is 33.5. The molecule has 0 aliphatic rings. The van der Waals surface area contributed by atoms with Gasteiger partial charge in [0.25, 0.3) is 17.7 Å². The molecule has 6 heteroatoms. The molecule has 7 aromatic rings. The van der Waals surface area contributed by atoms with Gasteiger partial charge in [0.2, 0.25) is 0 Å². The minimum atomic E-state index is -0.525. The summed E-state index contributed by atoms with van der Waals surface area (Å²) < 4.78 is 0. The molecule has 63 heavy (non-hydrogen) atoms. The molecule has 0 spiro atoms. The monoisotopic (exact) mass is 807 g/mol. The first-order valence-electron chi connectivity index (χ1n) is 19.5. The van der Waals surface area contributed by atoms with Gasteiger partial charge in [0.1, 0.15) is 0 Å². The van der Waals surface area contributed by atoms with Gasteiger partial charge in [-0.05, 0) is 163 Å². The third-order valence-electron chi connectivity index (χ3n) is 8.90. The van der Waals surface area contributed by atoms with E-state index in [1.54, 1.807) is 72.8 Å². The van der Waals surface area contributed by atoms with Crippen LogP contribution in [0.2, 0.25) is 0 Å². The van der Waals surface area contributed by atoms with E-state index in [1.165, 1.54) is 18.2 Å². The minimum Gasteiger partial charge on any atom is -0.322 e. The average Bonchev–Trinajstić information content (AvgIpc) is 3.33. The number of hydrogen-bond acceptors (Lipinski definition) is 3. The summed E-state index contributed by atoms with van der Waals surface area (Å²) in [6.07, 6.45) is 0. The van der Waals surface area contributed by atoms with Gasteiger partial charge in [-0.3, -0.25) is 14.4 Å². The first-order valence-corrected chi connectivity index (χ1v) is 19.5. The molecule has 6 nitrogen and oxygen atoms in total. The van der Waals surface area contributed by atoms with Gasteiger partial charge >= 0.3 is 0 Å². The predicted molar refractivity (Wildman–Crippen MR) is 250 cm³/mol. The maximum absolute atomic E-state index is 13.7. The molecular weight excluding hydrogens is 775 g/mol. The number of hydrogen-bond donors (Lipinski definition) is 3. The molecule has 0 radical (unpaired) electrons. The summed E-state index contributed by atoms with van der Waals surface area (Å²) in [4.78, 5) is 41.1. The van der Waals surface area contributed by atoms with Crippen LogP contribution in [0, 0.1) is 71.0 Å². The quantitative estimate of drug-likeness (QED) is 0.146. The molecule has 0 unspecified atom stereocenters. The molecule has 0 fully saturated rings. The van der Waals surface area contributed by atoms with Gasteiger partial charge in [-0.25, -0.2) is 0 Å². The fourth-order valence-corrected chi connectivity index (χ4v) is 5.73. The van der Waals surface area contributed by atoms with Crippen LogP contribution in [0.1, 0.15) is 64.5 Å². The van der Waals surface area contributed by atoms with Crippen LogP contribution in [0.5, 0.6) is 0 Å². The molecule has 7 rings (SSSR count). The number of amides is 3. The van der Waals surface area contributed by atoms with E-state index in [0.717, 1.165) is 16.7 Å². The van der Waals surface area contributed by atoms with Crippen molar-refractivity contribution >= 4 is 34.8 Å². The molecule has 7 aromatic carbocycles. The van der Waals surface area contributed by atoms with Crippen LogP contribution < -0.4 is 16.0 Å². The van der Waals surface area contributed by atoms with Crippen molar-refractivity contribution in [2.45, 2.75) is 0 Å². The van der Waals surface area contributed by atoms with E-state index in [9.17, 15) is 14.4 Å².